The number of amides is 2. The summed E-state index contributed by atoms with van der Waals surface area (Å²) in [4.78, 5) is 38.9. The van der Waals surface area contributed by atoms with Gasteiger partial charge in [0, 0.05) is 19.2 Å². The molecule has 2 aromatic rings. The minimum atomic E-state index is -0.400. The fraction of sp³-hybridized carbons (Fsp3) is 0.400. The van der Waals surface area contributed by atoms with Gasteiger partial charge in [0.25, 0.3) is 0 Å². The third-order valence-corrected chi connectivity index (χ3v) is 6.14. The zero-order chi connectivity index (χ0) is 22.7. The number of likely N-dealkylation sites (tertiary alicyclic amines) is 1. The van der Waals surface area contributed by atoms with Gasteiger partial charge in [-0.25, -0.2) is 4.79 Å². The zero-order valence-corrected chi connectivity index (χ0v) is 18.5. The summed E-state index contributed by atoms with van der Waals surface area (Å²) in [5.74, 6) is 0.108. The van der Waals surface area contributed by atoms with Gasteiger partial charge in [-0.1, -0.05) is 36.4 Å². The molecule has 2 amide bonds. The van der Waals surface area contributed by atoms with Crippen molar-refractivity contribution in [2.45, 2.75) is 45.4 Å². The number of nitrogens with zero attached hydrogens (tertiary/aromatic N) is 2. The minimum absolute atomic E-state index is 0.0531. The molecule has 2 saturated heterocycles. The molecule has 7 nitrogen and oxygen atoms in total. The molecule has 1 N–H and O–H groups in total. The number of hydrogen-bond acceptors (Lipinski definition) is 5. The van der Waals surface area contributed by atoms with Crippen LogP contribution in [0.2, 0.25) is 0 Å². The zero-order valence-electron chi connectivity index (χ0n) is 18.5. The van der Waals surface area contributed by atoms with Crippen LogP contribution in [0.15, 0.2) is 48.5 Å². The minimum Gasteiger partial charge on any atom is -0.442 e. The molecule has 4 rings (SSSR count). The van der Waals surface area contributed by atoms with E-state index in [0.29, 0.717) is 13.1 Å². The Morgan fingerprint density at radius 3 is 2.31 bits per heavy atom. The van der Waals surface area contributed by atoms with E-state index in [-0.39, 0.29) is 23.8 Å². The standard InChI is InChI=1S/C25H29N3O4/c1-17(29)24-4-3-13-27(24)15-19-5-7-20(8-6-19)21-9-11-22(12-10-21)28-16-23(32-25(28)31)14-26-18(2)30/h5-12,23-24H,3-4,13-16H2,1-2H3,(H,26,30)/t23-,24?/m0/s1. The predicted octanol–water partition coefficient (Wildman–Crippen LogP) is 3.37. The van der Waals surface area contributed by atoms with Crippen molar-refractivity contribution in [2.75, 3.05) is 24.5 Å². The van der Waals surface area contributed by atoms with Crippen molar-refractivity contribution in [2.24, 2.45) is 0 Å². The lowest BCUT2D eigenvalue weighted by atomic mass is 10.0. The Hall–Kier alpha value is -3.19. The number of ketones is 1. The van der Waals surface area contributed by atoms with Crippen molar-refractivity contribution in [3.05, 3.63) is 54.1 Å². The Morgan fingerprint density at radius 2 is 1.69 bits per heavy atom. The first-order valence-electron chi connectivity index (χ1n) is 11.1. The second-order valence-electron chi connectivity index (χ2n) is 8.54. The maximum atomic E-state index is 12.2. The molecule has 168 valence electrons. The van der Waals surface area contributed by atoms with Crippen LogP contribution in [0, 0.1) is 0 Å². The number of nitrogens with one attached hydrogen (secondary N) is 1. The van der Waals surface area contributed by atoms with E-state index in [1.807, 2.05) is 24.3 Å². The molecule has 7 heteroatoms. The molecule has 32 heavy (non-hydrogen) atoms. The summed E-state index contributed by atoms with van der Waals surface area (Å²) in [5, 5.41) is 2.68. The quantitative estimate of drug-likeness (QED) is 0.721. The number of anilines is 1. The highest BCUT2D eigenvalue weighted by molar-refractivity contribution is 5.90. The number of rotatable bonds is 7. The van der Waals surface area contributed by atoms with Crippen molar-refractivity contribution in [1.82, 2.24) is 10.2 Å². The summed E-state index contributed by atoms with van der Waals surface area (Å²) in [6.45, 7) is 5.60. The van der Waals surface area contributed by atoms with Crippen molar-refractivity contribution in [3.63, 3.8) is 0 Å². The maximum absolute atomic E-state index is 12.2. The van der Waals surface area contributed by atoms with Crippen LogP contribution < -0.4 is 10.2 Å². The van der Waals surface area contributed by atoms with E-state index in [0.717, 1.165) is 42.7 Å². The summed E-state index contributed by atoms with van der Waals surface area (Å²) in [5.41, 5.74) is 4.12. The highest BCUT2D eigenvalue weighted by atomic mass is 16.6. The van der Waals surface area contributed by atoms with Crippen LogP contribution in [0.25, 0.3) is 11.1 Å². The van der Waals surface area contributed by atoms with Gasteiger partial charge in [0.1, 0.15) is 11.9 Å². The van der Waals surface area contributed by atoms with Crippen molar-refractivity contribution in [1.29, 1.82) is 0 Å². The molecule has 0 radical (unpaired) electrons. The van der Waals surface area contributed by atoms with E-state index in [1.165, 1.54) is 12.5 Å². The number of benzene rings is 2. The number of ether oxygens (including phenoxy) is 1. The highest BCUT2D eigenvalue weighted by Crippen LogP contribution is 2.27. The average Bonchev–Trinajstić information content (AvgIpc) is 3.39. The van der Waals surface area contributed by atoms with Gasteiger partial charge >= 0.3 is 6.09 Å². The number of Topliss-reactive ketones (excluding diaryl/α,β-unsaturated/α-hetero) is 1. The highest BCUT2D eigenvalue weighted by Gasteiger charge is 2.32. The van der Waals surface area contributed by atoms with E-state index < -0.39 is 6.09 Å². The molecule has 0 bridgehead atoms. The Morgan fingerprint density at radius 1 is 1.03 bits per heavy atom. The van der Waals surface area contributed by atoms with Gasteiger partial charge < -0.3 is 10.1 Å². The molecule has 0 aromatic heterocycles. The Labute approximate surface area is 188 Å². The normalized spacial score (nSPS) is 20.9. The Balaban J connectivity index is 1.38. The van der Waals surface area contributed by atoms with Gasteiger partial charge in [0.05, 0.1) is 19.1 Å². The van der Waals surface area contributed by atoms with Crippen molar-refractivity contribution in [3.8, 4) is 11.1 Å². The lowest BCUT2D eigenvalue weighted by molar-refractivity contribution is -0.121. The molecule has 0 aliphatic carbocycles. The predicted molar refractivity (Wildman–Crippen MR) is 122 cm³/mol. The summed E-state index contributed by atoms with van der Waals surface area (Å²) in [7, 11) is 0. The fourth-order valence-corrected chi connectivity index (χ4v) is 4.44. The van der Waals surface area contributed by atoms with Crippen LogP contribution in [0.5, 0.6) is 0 Å². The molecular weight excluding hydrogens is 406 g/mol. The van der Waals surface area contributed by atoms with Crippen LogP contribution in [-0.4, -0.2) is 54.5 Å². The summed E-state index contributed by atoms with van der Waals surface area (Å²) in [6.07, 6.45) is 1.28. The Bertz CT molecular complexity index is 987. The molecule has 2 aromatic carbocycles. The molecule has 1 unspecified atom stereocenters. The van der Waals surface area contributed by atoms with Gasteiger partial charge in [-0.05, 0) is 55.1 Å². The first-order valence-corrected chi connectivity index (χ1v) is 11.1. The van der Waals surface area contributed by atoms with Crippen LogP contribution >= 0.6 is 0 Å². The molecular formula is C25H29N3O4. The number of carbonyl (C=O) groups is 3. The Kier molecular flexibility index (Phi) is 6.55. The molecule has 2 heterocycles. The van der Waals surface area contributed by atoms with Gasteiger partial charge in [0.15, 0.2) is 0 Å². The van der Waals surface area contributed by atoms with Crippen LogP contribution in [0.3, 0.4) is 0 Å². The fourth-order valence-electron chi connectivity index (χ4n) is 4.44. The van der Waals surface area contributed by atoms with E-state index >= 15 is 0 Å². The van der Waals surface area contributed by atoms with Crippen LogP contribution in [0.1, 0.15) is 32.3 Å². The first kappa shape index (κ1) is 22.0. The number of hydrogen-bond donors (Lipinski definition) is 1. The van der Waals surface area contributed by atoms with Gasteiger partial charge in [-0.15, -0.1) is 0 Å². The van der Waals surface area contributed by atoms with Crippen molar-refractivity contribution < 1.29 is 19.1 Å². The molecule has 0 spiro atoms. The first-order chi connectivity index (χ1) is 15.4. The van der Waals surface area contributed by atoms with E-state index in [2.05, 4.69) is 34.5 Å². The molecule has 0 saturated carbocycles. The SMILES string of the molecule is CC(=O)NC[C@H]1CN(c2ccc(-c3ccc(CN4CCCC4C(C)=O)cc3)cc2)C(=O)O1. The molecule has 2 aliphatic rings. The second kappa shape index (κ2) is 9.53. The summed E-state index contributed by atoms with van der Waals surface area (Å²) >= 11 is 0. The third kappa shape index (κ3) is 4.99. The van der Waals surface area contributed by atoms with E-state index in [9.17, 15) is 14.4 Å². The monoisotopic (exact) mass is 435 g/mol. The molecule has 2 aliphatic heterocycles. The van der Waals surface area contributed by atoms with E-state index in [4.69, 9.17) is 4.74 Å². The van der Waals surface area contributed by atoms with Gasteiger partial charge in [0.2, 0.25) is 5.91 Å². The topological polar surface area (TPSA) is 79.0 Å². The maximum Gasteiger partial charge on any atom is 0.414 e. The second-order valence-corrected chi connectivity index (χ2v) is 8.54. The van der Waals surface area contributed by atoms with E-state index in [1.54, 1.807) is 11.8 Å². The van der Waals surface area contributed by atoms with Crippen LogP contribution in [0.4, 0.5) is 10.5 Å². The summed E-state index contributed by atoms with van der Waals surface area (Å²) in [6, 6.07) is 16.3. The average molecular weight is 436 g/mol. The molecule has 2 atom stereocenters. The lowest BCUT2D eigenvalue weighted by Crippen LogP contribution is -2.34. The molecule has 2 fully saturated rings. The third-order valence-electron chi connectivity index (χ3n) is 6.14. The lowest BCUT2D eigenvalue weighted by Gasteiger charge is -2.22. The van der Waals surface area contributed by atoms with Crippen LogP contribution in [-0.2, 0) is 20.9 Å². The van der Waals surface area contributed by atoms with Crippen molar-refractivity contribution >= 4 is 23.5 Å². The van der Waals surface area contributed by atoms with Gasteiger partial charge in [-0.3, -0.25) is 19.4 Å². The summed E-state index contributed by atoms with van der Waals surface area (Å²) < 4.78 is 5.33. The number of carbonyl (C=O) groups excluding carboxylic acids is 3. The smallest absolute Gasteiger partial charge is 0.414 e. The number of cyclic esters (lactones) is 1. The van der Waals surface area contributed by atoms with Gasteiger partial charge in [-0.2, -0.15) is 0 Å². The largest absolute Gasteiger partial charge is 0.442 e.